The lowest BCUT2D eigenvalue weighted by molar-refractivity contribution is 0.112. The number of anilines is 2. The standard InChI is InChI=1S/C20H20N4O2S/c1-2-3-13-24(19(26)21-17-7-5-4-6-8-17)20-23-22-18(27-20)16-11-9-15(14-25)10-12-16/h4-12,14H,2-3,13H2,1H3,(H,21,26). The first-order valence-electron chi connectivity index (χ1n) is 8.74. The second kappa shape index (κ2) is 9.05. The molecule has 0 atom stereocenters. The Morgan fingerprint density at radius 2 is 1.85 bits per heavy atom. The maximum absolute atomic E-state index is 12.8. The maximum Gasteiger partial charge on any atom is 0.328 e. The summed E-state index contributed by atoms with van der Waals surface area (Å²) < 4.78 is 0. The molecule has 2 amide bonds. The maximum atomic E-state index is 12.8. The zero-order valence-electron chi connectivity index (χ0n) is 15.0. The number of hydrogen-bond acceptors (Lipinski definition) is 5. The number of aromatic nitrogens is 2. The molecule has 0 aliphatic carbocycles. The van der Waals surface area contributed by atoms with E-state index in [9.17, 15) is 9.59 Å². The quantitative estimate of drug-likeness (QED) is 0.594. The van der Waals surface area contributed by atoms with Crippen LogP contribution in [0.3, 0.4) is 0 Å². The van der Waals surface area contributed by atoms with Gasteiger partial charge in [0.2, 0.25) is 5.13 Å². The highest BCUT2D eigenvalue weighted by molar-refractivity contribution is 7.18. The number of nitrogens with one attached hydrogen (secondary N) is 1. The number of carbonyl (C=O) groups is 2. The lowest BCUT2D eigenvalue weighted by Crippen LogP contribution is -2.35. The van der Waals surface area contributed by atoms with Gasteiger partial charge in [-0.15, -0.1) is 10.2 Å². The third kappa shape index (κ3) is 4.77. The monoisotopic (exact) mass is 380 g/mol. The summed E-state index contributed by atoms with van der Waals surface area (Å²) >= 11 is 1.35. The average molecular weight is 380 g/mol. The first-order chi connectivity index (χ1) is 13.2. The molecule has 2 aromatic carbocycles. The van der Waals surface area contributed by atoms with Crippen molar-refractivity contribution in [2.45, 2.75) is 19.8 Å². The van der Waals surface area contributed by atoms with Gasteiger partial charge in [0.05, 0.1) is 0 Å². The largest absolute Gasteiger partial charge is 0.328 e. The molecule has 6 nitrogen and oxygen atoms in total. The Morgan fingerprint density at radius 1 is 1.11 bits per heavy atom. The van der Waals surface area contributed by atoms with Gasteiger partial charge < -0.3 is 5.32 Å². The highest BCUT2D eigenvalue weighted by Gasteiger charge is 2.20. The SMILES string of the molecule is CCCCN(C(=O)Nc1ccccc1)c1nnc(-c2ccc(C=O)cc2)s1. The highest BCUT2D eigenvalue weighted by Crippen LogP contribution is 2.29. The normalized spacial score (nSPS) is 10.4. The lowest BCUT2D eigenvalue weighted by Gasteiger charge is -2.19. The van der Waals surface area contributed by atoms with Gasteiger partial charge in [-0.2, -0.15) is 0 Å². The van der Waals surface area contributed by atoms with E-state index in [0.717, 1.165) is 30.4 Å². The molecule has 1 heterocycles. The Bertz CT molecular complexity index is 894. The van der Waals surface area contributed by atoms with E-state index in [1.807, 2.05) is 42.5 Å². The molecule has 138 valence electrons. The molecule has 3 aromatic rings. The Labute approximate surface area is 161 Å². The fraction of sp³-hybridized carbons (Fsp3) is 0.200. The van der Waals surface area contributed by atoms with Gasteiger partial charge in [-0.3, -0.25) is 9.69 Å². The van der Waals surface area contributed by atoms with Crippen molar-refractivity contribution in [2.75, 3.05) is 16.8 Å². The minimum absolute atomic E-state index is 0.228. The van der Waals surface area contributed by atoms with Crippen LogP contribution in [0.5, 0.6) is 0 Å². The van der Waals surface area contributed by atoms with Crippen molar-refractivity contribution in [3.63, 3.8) is 0 Å². The van der Waals surface area contributed by atoms with Gasteiger partial charge in [-0.05, 0) is 18.6 Å². The summed E-state index contributed by atoms with van der Waals surface area (Å²) in [6, 6.07) is 16.2. The van der Waals surface area contributed by atoms with Crippen molar-refractivity contribution >= 4 is 34.5 Å². The van der Waals surface area contributed by atoms with Crippen LogP contribution in [-0.4, -0.2) is 29.1 Å². The predicted molar refractivity (Wildman–Crippen MR) is 108 cm³/mol. The van der Waals surface area contributed by atoms with Gasteiger partial charge in [0.15, 0.2) is 0 Å². The fourth-order valence-electron chi connectivity index (χ4n) is 2.46. The zero-order chi connectivity index (χ0) is 19.1. The van der Waals surface area contributed by atoms with E-state index >= 15 is 0 Å². The summed E-state index contributed by atoms with van der Waals surface area (Å²) in [5.74, 6) is 0. The van der Waals surface area contributed by atoms with Crippen LogP contribution in [0.15, 0.2) is 54.6 Å². The zero-order valence-corrected chi connectivity index (χ0v) is 15.8. The number of unbranched alkanes of at least 4 members (excludes halogenated alkanes) is 1. The fourth-order valence-corrected chi connectivity index (χ4v) is 3.33. The molecule has 1 N–H and O–H groups in total. The molecular formula is C20H20N4O2S. The molecule has 0 bridgehead atoms. The smallest absolute Gasteiger partial charge is 0.307 e. The molecule has 0 saturated heterocycles. The molecule has 0 aliphatic rings. The number of amides is 2. The molecule has 27 heavy (non-hydrogen) atoms. The van der Waals surface area contributed by atoms with Crippen LogP contribution in [0.2, 0.25) is 0 Å². The van der Waals surface area contributed by atoms with E-state index in [-0.39, 0.29) is 6.03 Å². The molecule has 0 spiro atoms. The number of nitrogens with zero attached hydrogens (tertiary/aromatic N) is 3. The number of benzene rings is 2. The highest BCUT2D eigenvalue weighted by atomic mass is 32.1. The molecule has 0 radical (unpaired) electrons. The Morgan fingerprint density at radius 3 is 2.52 bits per heavy atom. The summed E-state index contributed by atoms with van der Waals surface area (Å²) in [6.45, 7) is 2.64. The third-order valence-electron chi connectivity index (χ3n) is 3.94. The van der Waals surface area contributed by atoms with Crippen LogP contribution in [0.25, 0.3) is 10.6 Å². The van der Waals surface area contributed by atoms with Crippen LogP contribution in [0, 0.1) is 0 Å². The predicted octanol–water partition coefficient (Wildman–Crippen LogP) is 4.86. The van der Waals surface area contributed by atoms with Crippen molar-refractivity contribution in [3.8, 4) is 10.6 Å². The number of urea groups is 1. The van der Waals surface area contributed by atoms with Gasteiger partial charge in [-0.1, -0.05) is 67.1 Å². The molecule has 3 rings (SSSR count). The molecule has 0 aliphatic heterocycles. The summed E-state index contributed by atoms with van der Waals surface area (Å²) in [5.41, 5.74) is 2.21. The van der Waals surface area contributed by atoms with Crippen LogP contribution in [-0.2, 0) is 0 Å². The number of aldehydes is 1. The number of rotatable bonds is 7. The number of para-hydroxylation sites is 1. The second-order valence-electron chi connectivity index (χ2n) is 5.93. The Balaban J connectivity index is 1.81. The molecular weight excluding hydrogens is 360 g/mol. The van der Waals surface area contributed by atoms with E-state index in [1.165, 1.54) is 11.3 Å². The van der Waals surface area contributed by atoms with E-state index < -0.39 is 0 Å². The van der Waals surface area contributed by atoms with Crippen LogP contribution >= 0.6 is 11.3 Å². The second-order valence-corrected chi connectivity index (χ2v) is 6.89. The van der Waals surface area contributed by atoms with Crippen molar-refractivity contribution in [1.29, 1.82) is 0 Å². The lowest BCUT2D eigenvalue weighted by atomic mass is 10.2. The summed E-state index contributed by atoms with van der Waals surface area (Å²) in [5, 5.41) is 12.6. The summed E-state index contributed by atoms with van der Waals surface area (Å²) in [6.07, 6.45) is 2.63. The minimum Gasteiger partial charge on any atom is -0.307 e. The summed E-state index contributed by atoms with van der Waals surface area (Å²) in [7, 11) is 0. The Hall–Kier alpha value is -3.06. The molecule has 7 heteroatoms. The average Bonchev–Trinajstić information content (AvgIpc) is 3.19. The first-order valence-corrected chi connectivity index (χ1v) is 9.55. The molecule has 0 fully saturated rings. The van der Waals surface area contributed by atoms with E-state index in [0.29, 0.717) is 22.2 Å². The van der Waals surface area contributed by atoms with E-state index in [4.69, 9.17) is 0 Å². The minimum atomic E-state index is -0.228. The third-order valence-corrected chi connectivity index (χ3v) is 4.94. The van der Waals surface area contributed by atoms with E-state index in [2.05, 4.69) is 22.4 Å². The summed E-state index contributed by atoms with van der Waals surface area (Å²) in [4.78, 5) is 25.2. The Kier molecular flexibility index (Phi) is 6.27. The van der Waals surface area contributed by atoms with Crippen molar-refractivity contribution in [1.82, 2.24) is 10.2 Å². The van der Waals surface area contributed by atoms with Gasteiger partial charge in [0.25, 0.3) is 0 Å². The van der Waals surface area contributed by atoms with Gasteiger partial charge in [0.1, 0.15) is 11.3 Å². The van der Waals surface area contributed by atoms with Crippen LogP contribution in [0.1, 0.15) is 30.1 Å². The number of carbonyl (C=O) groups excluding carboxylic acids is 2. The van der Waals surface area contributed by atoms with Crippen molar-refractivity contribution < 1.29 is 9.59 Å². The van der Waals surface area contributed by atoms with Gasteiger partial charge in [-0.25, -0.2) is 4.79 Å². The topological polar surface area (TPSA) is 75.2 Å². The van der Waals surface area contributed by atoms with Crippen LogP contribution in [0.4, 0.5) is 15.6 Å². The van der Waals surface area contributed by atoms with E-state index in [1.54, 1.807) is 17.0 Å². The van der Waals surface area contributed by atoms with Gasteiger partial charge in [0, 0.05) is 23.4 Å². The van der Waals surface area contributed by atoms with Gasteiger partial charge >= 0.3 is 6.03 Å². The molecule has 0 saturated carbocycles. The molecule has 0 unspecified atom stereocenters. The van der Waals surface area contributed by atoms with Crippen molar-refractivity contribution in [2.24, 2.45) is 0 Å². The number of hydrogen-bond donors (Lipinski definition) is 1. The first kappa shape index (κ1) is 18.7. The molecule has 1 aromatic heterocycles. The van der Waals surface area contributed by atoms with Crippen LogP contribution < -0.4 is 10.2 Å². The van der Waals surface area contributed by atoms with Crippen molar-refractivity contribution in [3.05, 3.63) is 60.2 Å².